The van der Waals surface area contributed by atoms with Gasteiger partial charge in [0.25, 0.3) is 5.56 Å². The number of ether oxygens (including phenoxy) is 1. The number of hydrogen-bond donors (Lipinski definition) is 0. The molecule has 122 valence electrons. The lowest BCUT2D eigenvalue weighted by Gasteiger charge is -2.20. The van der Waals surface area contributed by atoms with Gasteiger partial charge >= 0.3 is 0 Å². The molecule has 0 atom stereocenters. The SMILES string of the molecule is CC.COC1=CCCC=C1n1c(C)cc2cccc(Cl)c2c1=O. The van der Waals surface area contributed by atoms with Crippen molar-refractivity contribution >= 4 is 28.1 Å². The molecule has 3 rings (SSSR count). The summed E-state index contributed by atoms with van der Waals surface area (Å²) in [5.74, 6) is 0.734. The van der Waals surface area contributed by atoms with Gasteiger partial charge in [0.05, 0.1) is 23.2 Å². The number of halogens is 1. The van der Waals surface area contributed by atoms with Gasteiger partial charge in [0.2, 0.25) is 0 Å². The van der Waals surface area contributed by atoms with Crippen LogP contribution in [0.25, 0.3) is 16.5 Å². The number of pyridine rings is 1. The summed E-state index contributed by atoms with van der Waals surface area (Å²) in [5.41, 5.74) is 1.56. The van der Waals surface area contributed by atoms with Crippen LogP contribution in [0.1, 0.15) is 32.4 Å². The van der Waals surface area contributed by atoms with E-state index in [1.54, 1.807) is 17.7 Å². The Morgan fingerprint density at radius 2 is 1.87 bits per heavy atom. The zero-order valence-corrected chi connectivity index (χ0v) is 14.8. The first-order chi connectivity index (χ1) is 11.1. The molecule has 1 aliphatic carbocycles. The van der Waals surface area contributed by atoms with Gasteiger partial charge in [0, 0.05) is 5.69 Å². The Kier molecular flexibility index (Phi) is 5.67. The molecular formula is C19H22ClNO2. The second-order valence-corrected chi connectivity index (χ2v) is 5.48. The molecule has 0 saturated heterocycles. The van der Waals surface area contributed by atoms with Crippen molar-refractivity contribution in [2.45, 2.75) is 33.6 Å². The maximum absolute atomic E-state index is 12.9. The zero-order valence-electron chi connectivity index (χ0n) is 14.0. The number of hydrogen-bond acceptors (Lipinski definition) is 2. The van der Waals surface area contributed by atoms with E-state index in [2.05, 4.69) is 0 Å². The predicted molar refractivity (Wildman–Crippen MR) is 97.9 cm³/mol. The molecular weight excluding hydrogens is 310 g/mol. The molecule has 0 amide bonds. The molecule has 0 fully saturated rings. The number of aryl methyl sites for hydroxylation is 1. The number of fused-ring (bicyclic) bond motifs is 1. The van der Waals surface area contributed by atoms with Crippen LogP contribution in [0, 0.1) is 6.92 Å². The fourth-order valence-electron chi connectivity index (χ4n) is 2.78. The minimum Gasteiger partial charge on any atom is -0.495 e. The average Bonchev–Trinajstić information content (AvgIpc) is 2.57. The van der Waals surface area contributed by atoms with Crippen molar-refractivity contribution in [3.05, 3.63) is 63.2 Å². The number of aromatic nitrogens is 1. The summed E-state index contributed by atoms with van der Waals surface area (Å²) in [5, 5.41) is 1.89. The molecule has 0 N–H and O–H groups in total. The van der Waals surface area contributed by atoms with E-state index in [9.17, 15) is 4.79 Å². The Hall–Kier alpha value is -2.00. The van der Waals surface area contributed by atoms with E-state index in [4.69, 9.17) is 16.3 Å². The van der Waals surface area contributed by atoms with Crippen LogP contribution in [0.3, 0.4) is 0 Å². The van der Waals surface area contributed by atoms with E-state index in [1.807, 2.05) is 51.1 Å². The van der Waals surface area contributed by atoms with Crippen LogP contribution in [-0.4, -0.2) is 11.7 Å². The van der Waals surface area contributed by atoms with E-state index < -0.39 is 0 Å². The van der Waals surface area contributed by atoms with Crippen molar-refractivity contribution in [3.8, 4) is 0 Å². The van der Waals surface area contributed by atoms with Gasteiger partial charge in [-0.1, -0.05) is 43.7 Å². The Morgan fingerprint density at radius 1 is 1.17 bits per heavy atom. The Balaban J connectivity index is 0.000000924. The number of benzene rings is 1. The molecule has 0 saturated carbocycles. The number of nitrogens with zero attached hydrogens (tertiary/aromatic N) is 1. The third-order valence-corrected chi connectivity index (χ3v) is 4.04. The summed E-state index contributed by atoms with van der Waals surface area (Å²) in [4.78, 5) is 12.9. The van der Waals surface area contributed by atoms with Crippen LogP contribution >= 0.6 is 11.6 Å². The lowest BCUT2D eigenvalue weighted by atomic mass is 10.1. The largest absolute Gasteiger partial charge is 0.495 e. The molecule has 0 bridgehead atoms. The van der Waals surface area contributed by atoms with Crippen molar-refractivity contribution in [2.24, 2.45) is 0 Å². The molecule has 23 heavy (non-hydrogen) atoms. The van der Waals surface area contributed by atoms with Gasteiger partial charge in [0.1, 0.15) is 5.76 Å². The first-order valence-corrected chi connectivity index (χ1v) is 8.27. The zero-order chi connectivity index (χ0) is 17.0. The molecule has 1 aromatic heterocycles. The second kappa shape index (κ2) is 7.51. The van der Waals surface area contributed by atoms with Crippen molar-refractivity contribution in [1.29, 1.82) is 0 Å². The normalized spacial score (nSPS) is 13.8. The molecule has 0 aliphatic heterocycles. The van der Waals surface area contributed by atoms with Crippen molar-refractivity contribution in [2.75, 3.05) is 7.11 Å². The van der Waals surface area contributed by atoms with E-state index in [-0.39, 0.29) is 5.56 Å². The second-order valence-electron chi connectivity index (χ2n) is 5.07. The highest BCUT2D eigenvalue weighted by atomic mass is 35.5. The minimum absolute atomic E-state index is 0.105. The van der Waals surface area contributed by atoms with E-state index in [1.165, 1.54) is 0 Å². The van der Waals surface area contributed by atoms with Gasteiger partial charge in [-0.2, -0.15) is 0 Å². The number of methoxy groups -OCH3 is 1. The van der Waals surface area contributed by atoms with Crippen molar-refractivity contribution in [1.82, 2.24) is 4.57 Å². The molecule has 2 aromatic rings. The van der Waals surface area contributed by atoms with Gasteiger partial charge < -0.3 is 4.74 Å². The molecule has 0 unspecified atom stereocenters. The quantitative estimate of drug-likeness (QED) is 0.761. The molecule has 1 aromatic carbocycles. The monoisotopic (exact) mass is 331 g/mol. The Bertz CT molecular complexity index is 831. The third-order valence-electron chi connectivity index (χ3n) is 3.73. The smallest absolute Gasteiger partial charge is 0.264 e. The standard InChI is InChI=1S/C17H16ClNO2.C2H6/c1-11-10-12-6-5-7-13(18)16(12)17(20)19(11)14-8-3-4-9-15(14)21-2;1-2/h5-10H,3-4H2,1-2H3;1-2H3. The lowest BCUT2D eigenvalue weighted by molar-refractivity contribution is 0.304. The first kappa shape index (κ1) is 17.4. The van der Waals surface area contributed by atoms with Crippen LogP contribution in [0.2, 0.25) is 5.02 Å². The summed E-state index contributed by atoms with van der Waals surface area (Å²) in [6.45, 7) is 5.92. The third kappa shape index (κ3) is 3.20. The molecule has 1 aliphatic rings. The average molecular weight is 332 g/mol. The Morgan fingerprint density at radius 3 is 2.57 bits per heavy atom. The maximum Gasteiger partial charge on any atom is 0.264 e. The van der Waals surface area contributed by atoms with Gasteiger partial charge in [0.15, 0.2) is 0 Å². The fraction of sp³-hybridized carbons (Fsp3) is 0.316. The number of rotatable bonds is 2. The highest BCUT2D eigenvalue weighted by molar-refractivity contribution is 6.35. The van der Waals surface area contributed by atoms with Crippen LogP contribution in [0.5, 0.6) is 0 Å². The maximum atomic E-state index is 12.9. The molecule has 4 heteroatoms. The summed E-state index contributed by atoms with van der Waals surface area (Å²) in [7, 11) is 1.62. The van der Waals surface area contributed by atoms with Crippen molar-refractivity contribution in [3.63, 3.8) is 0 Å². The number of allylic oxidation sites excluding steroid dienone is 3. The summed E-state index contributed by atoms with van der Waals surface area (Å²) < 4.78 is 7.09. The van der Waals surface area contributed by atoms with Gasteiger partial charge in [-0.3, -0.25) is 9.36 Å². The Labute approximate surface area is 141 Å². The molecule has 3 nitrogen and oxygen atoms in total. The fourth-order valence-corrected chi connectivity index (χ4v) is 3.04. The first-order valence-electron chi connectivity index (χ1n) is 7.89. The summed E-state index contributed by atoms with van der Waals surface area (Å²) in [6.07, 6.45) is 5.87. The van der Waals surface area contributed by atoms with E-state index in [0.29, 0.717) is 10.4 Å². The van der Waals surface area contributed by atoms with Gasteiger partial charge in [-0.05, 0) is 43.4 Å². The lowest BCUT2D eigenvalue weighted by Crippen LogP contribution is -2.24. The molecule has 1 heterocycles. The minimum atomic E-state index is -0.105. The van der Waals surface area contributed by atoms with Crippen LogP contribution in [-0.2, 0) is 4.74 Å². The predicted octanol–water partition coefficient (Wildman–Crippen LogP) is 5.15. The van der Waals surface area contributed by atoms with Crippen LogP contribution in [0.15, 0.2) is 47.0 Å². The summed E-state index contributed by atoms with van der Waals surface area (Å²) in [6, 6.07) is 7.48. The van der Waals surface area contributed by atoms with E-state index >= 15 is 0 Å². The highest BCUT2D eigenvalue weighted by Crippen LogP contribution is 2.27. The van der Waals surface area contributed by atoms with Gasteiger partial charge in [-0.25, -0.2) is 0 Å². The van der Waals surface area contributed by atoms with Crippen LogP contribution in [0.4, 0.5) is 0 Å². The topological polar surface area (TPSA) is 31.2 Å². The highest BCUT2D eigenvalue weighted by Gasteiger charge is 2.17. The van der Waals surface area contributed by atoms with Crippen LogP contribution < -0.4 is 5.56 Å². The van der Waals surface area contributed by atoms with E-state index in [0.717, 1.165) is 35.4 Å². The summed E-state index contributed by atoms with van der Waals surface area (Å²) >= 11 is 6.22. The molecule has 0 spiro atoms. The van der Waals surface area contributed by atoms with Gasteiger partial charge in [-0.15, -0.1) is 0 Å². The molecule has 0 radical (unpaired) electrons. The van der Waals surface area contributed by atoms with Crippen molar-refractivity contribution < 1.29 is 4.74 Å².